The highest BCUT2D eigenvalue weighted by atomic mass is 19.1. The smallest absolute Gasteiger partial charge is 0.409 e. The number of carbonyl (C=O) groups is 3. The topological polar surface area (TPSA) is 108 Å². The molecule has 3 aromatic carbocycles. The molecule has 180 valence electrons. The van der Waals surface area contributed by atoms with Crippen molar-refractivity contribution in [2.75, 3.05) is 10.6 Å². The summed E-state index contributed by atoms with van der Waals surface area (Å²) in [5.74, 6) is -2.07. The molecule has 2 amide bonds. The first-order chi connectivity index (χ1) is 17.3. The van der Waals surface area contributed by atoms with Crippen molar-refractivity contribution in [2.45, 2.75) is 13.3 Å². The quantitative estimate of drug-likeness (QED) is 0.215. The van der Waals surface area contributed by atoms with E-state index < -0.39 is 30.0 Å². The number of anilines is 2. The van der Waals surface area contributed by atoms with Crippen LogP contribution in [-0.2, 0) is 4.79 Å². The Morgan fingerprint density at radius 1 is 0.861 bits per heavy atom. The van der Waals surface area contributed by atoms with Crippen molar-refractivity contribution in [1.29, 1.82) is 0 Å². The molecule has 4 rings (SSSR count). The van der Waals surface area contributed by atoms with E-state index in [2.05, 4.69) is 15.6 Å². The lowest BCUT2D eigenvalue weighted by Gasteiger charge is -2.15. The van der Waals surface area contributed by atoms with Gasteiger partial charge in [0.25, 0.3) is 0 Å². The number of Topliss-reactive ketones (excluding diaryl/α,β-unsaturated/α-hetero) is 1. The van der Waals surface area contributed by atoms with Crippen molar-refractivity contribution in [2.24, 2.45) is 0 Å². The second-order valence-corrected chi connectivity index (χ2v) is 8.06. The molecule has 1 heterocycles. The molecule has 8 heteroatoms. The molecule has 7 nitrogen and oxygen atoms in total. The van der Waals surface area contributed by atoms with E-state index in [4.69, 9.17) is 5.11 Å². The zero-order chi connectivity index (χ0) is 25.7. The summed E-state index contributed by atoms with van der Waals surface area (Å²) in [4.78, 5) is 41.0. The molecule has 0 aliphatic heterocycles. The number of aromatic nitrogens is 1. The molecule has 0 spiro atoms. The van der Waals surface area contributed by atoms with E-state index in [9.17, 15) is 14.4 Å². The van der Waals surface area contributed by atoms with Gasteiger partial charge in [-0.2, -0.15) is 0 Å². The number of pyridine rings is 1. The predicted molar refractivity (Wildman–Crippen MR) is 135 cm³/mol. The van der Waals surface area contributed by atoms with Crippen molar-refractivity contribution in [1.82, 2.24) is 4.98 Å². The zero-order valence-electron chi connectivity index (χ0n) is 19.3. The first-order valence-corrected chi connectivity index (χ1v) is 11.1. The van der Waals surface area contributed by atoms with Gasteiger partial charge in [0.05, 0.1) is 12.1 Å². The van der Waals surface area contributed by atoms with E-state index >= 15 is 4.39 Å². The van der Waals surface area contributed by atoms with Crippen LogP contribution in [0.15, 0.2) is 85.1 Å². The largest absolute Gasteiger partial charge is 0.465 e. The molecule has 3 N–H and O–H groups in total. The standard InChI is InChI=1S/C28H22FN3O4/c1-17-10-11-21(16-30-17)19-8-5-9-20(14-19)24(33)15-25(34)32-27-23(31-28(35)36)13-12-22(26(27)29)18-6-3-2-4-7-18/h2-14,16,31H,15H2,1H3,(H,32,34)(H,35,36). The molecule has 0 unspecified atom stereocenters. The average molecular weight is 483 g/mol. The highest BCUT2D eigenvalue weighted by molar-refractivity contribution is 6.12. The molecule has 36 heavy (non-hydrogen) atoms. The summed E-state index contributed by atoms with van der Waals surface area (Å²) in [5.41, 5.74) is 2.99. The van der Waals surface area contributed by atoms with Crippen LogP contribution in [0.5, 0.6) is 0 Å². The lowest BCUT2D eigenvalue weighted by molar-refractivity contribution is -0.115. The normalized spacial score (nSPS) is 10.5. The van der Waals surface area contributed by atoms with Crippen LogP contribution in [0.1, 0.15) is 22.5 Å². The van der Waals surface area contributed by atoms with Gasteiger partial charge in [0.15, 0.2) is 11.6 Å². The van der Waals surface area contributed by atoms with Gasteiger partial charge in [-0.3, -0.25) is 19.9 Å². The minimum atomic E-state index is -1.42. The summed E-state index contributed by atoms with van der Waals surface area (Å²) in [6.45, 7) is 1.87. The maximum absolute atomic E-state index is 15.4. The number of carbonyl (C=O) groups excluding carboxylic acids is 2. The van der Waals surface area contributed by atoms with Gasteiger partial charge in [0.1, 0.15) is 5.69 Å². The van der Waals surface area contributed by atoms with Crippen molar-refractivity contribution >= 4 is 29.2 Å². The van der Waals surface area contributed by atoms with E-state index in [0.29, 0.717) is 11.1 Å². The molecule has 0 aliphatic carbocycles. The molecule has 0 aliphatic rings. The Morgan fingerprint density at radius 3 is 2.31 bits per heavy atom. The Bertz CT molecular complexity index is 1440. The maximum Gasteiger partial charge on any atom is 0.409 e. The van der Waals surface area contributed by atoms with Crippen LogP contribution in [0.2, 0.25) is 0 Å². The minimum absolute atomic E-state index is 0.144. The number of aryl methyl sites for hydroxylation is 1. The molecule has 0 saturated carbocycles. The zero-order valence-corrected chi connectivity index (χ0v) is 19.3. The number of amides is 2. The monoisotopic (exact) mass is 483 g/mol. The third-order valence-electron chi connectivity index (χ3n) is 5.48. The van der Waals surface area contributed by atoms with Crippen LogP contribution >= 0.6 is 0 Å². The third kappa shape index (κ3) is 5.61. The Kier molecular flexibility index (Phi) is 7.15. The van der Waals surface area contributed by atoms with Gasteiger partial charge >= 0.3 is 6.09 Å². The Balaban J connectivity index is 1.57. The van der Waals surface area contributed by atoms with Gasteiger partial charge in [0, 0.05) is 28.6 Å². The number of benzene rings is 3. The van der Waals surface area contributed by atoms with Crippen LogP contribution in [-0.4, -0.2) is 27.9 Å². The molecular formula is C28H22FN3O4. The van der Waals surface area contributed by atoms with Crippen LogP contribution in [0.3, 0.4) is 0 Å². The molecule has 0 bridgehead atoms. The van der Waals surface area contributed by atoms with Crippen molar-refractivity contribution in [3.63, 3.8) is 0 Å². The second-order valence-electron chi connectivity index (χ2n) is 8.06. The van der Waals surface area contributed by atoms with Gasteiger partial charge < -0.3 is 10.4 Å². The summed E-state index contributed by atoms with van der Waals surface area (Å²) in [6, 6.07) is 21.9. The molecular weight excluding hydrogens is 461 g/mol. The van der Waals surface area contributed by atoms with E-state index in [1.54, 1.807) is 54.7 Å². The average Bonchev–Trinajstić information content (AvgIpc) is 2.87. The first-order valence-electron chi connectivity index (χ1n) is 11.1. The van der Waals surface area contributed by atoms with Gasteiger partial charge in [0.2, 0.25) is 5.91 Å². The number of ketones is 1. The Hall–Kier alpha value is -4.85. The van der Waals surface area contributed by atoms with Gasteiger partial charge in [-0.25, -0.2) is 9.18 Å². The first kappa shape index (κ1) is 24.3. The van der Waals surface area contributed by atoms with Gasteiger partial charge in [-0.1, -0.05) is 54.6 Å². The van der Waals surface area contributed by atoms with E-state index in [1.807, 2.05) is 25.1 Å². The minimum Gasteiger partial charge on any atom is -0.465 e. The van der Waals surface area contributed by atoms with Crippen molar-refractivity contribution < 1.29 is 23.9 Å². The summed E-state index contributed by atoms with van der Waals surface area (Å²) >= 11 is 0. The Morgan fingerprint density at radius 2 is 1.61 bits per heavy atom. The van der Waals surface area contributed by atoms with E-state index in [1.165, 1.54) is 12.1 Å². The summed E-state index contributed by atoms with van der Waals surface area (Å²) in [5, 5.41) is 13.6. The molecule has 4 aromatic rings. The second kappa shape index (κ2) is 10.6. The Labute approximate surface area is 206 Å². The van der Waals surface area contributed by atoms with Crippen molar-refractivity contribution in [3.05, 3.63) is 102 Å². The van der Waals surface area contributed by atoms with Crippen LogP contribution in [0.4, 0.5) is 20.6 Å². The summed E-state index contributed by atoms with van der Waals surface area (Å²) in [7, 11) is 0. The molecule has 0 fully saturated rings. The number of halogens is 1. The number of nitrogens with zero attached hydrogens (tertiary/aromatic N) is 1. The number of hydrogen-bond donors (Lipinski definition) is 3. The maximum atomic E-state index is 15.4. The molecule has 0 atom stereocenters. The summed E-state index contributed by atoms with van der Waals surface area (Å²) < 4.78 is 15.4. The SMILES string of the molecule is Cc1ccc(-c2cccc(C(=O)CC(=O)Nc3c(NC(=O)O)ccc(-c4ccccc4)c3F)c2)cn1. The fourth-order valence-electron chi connectivity index (χ4n) is 3.70. The van der Waals surface area contributed by atoms with Crippen LogP contribution < -0.4 is 10.6 Å². The van der Waals surface area contributed by atoms with Crippen molar-refractivity contribution in [3.8, 4) is 22.3 Å². The molecule has 1 aromatic heterocycles. The van der Waals surface area contributed by atoms with Crippen LogP contribution in [0, 0.1) is 12.7 Å². The highest BCUT2D eigenvalue weighted by Crippen LogP contribution is 2.34. The number of carboxylic acid groups (broad SMARTS) is 1. The molecule has 0 radical (unpaired) electrons. The lowest BCUT2D eigenvalue weighted by Crippen LogP contribution is -2.19. The number of nitrogens with one attached hydrogen (secondary N) is 2. The fourth-order valence-corrected chi connectivity index (χ4v) is 3.70. The highest BCUT2D eigenvalue weighted by Gasteiger charge is 2.20. The fraction of sp³-hybridized carbons (Fsp3) is 0.0714. The van der Waals surface area contributed by atoms with E-state index in [-0.39, 0.29) is 16.9 Å². The number of hydrogen-bond acceptors (Lipinski definition) is 4. The van der Waals surface area contributed by atoms with E-state index in [0.717, 1.165) is 16.8 Å². The molecule has 0 saturated heterocycles. The van der Waals surface area contributed by atoms with Gasteiger partial charge in [-0.15, -0.1) is 0 Å². The van der Waals surface area contributed by atoms with Crippen LogP contribution in [0.25, 0.3) is 22.3 Å². The third-order valence-corrected chi connectivity index (χ3v) is 5.48. The predicted octanol–water partition coefficient (Wildman–Crippen LogP) is 6.16. The lowest BCUT2D eigenvalue weighted by atomic mass is 10.0. The summed E-state index contributed by atoms with van der Waals surface area (Å²) in [6.07, 6.45) is -0.279. The number of rotatable bonds is 7. The van der Waals surface area contributed by atoms with Gasteiger partial charge in [-0.05, 0) is 42.3 Å².